The number of fused-ring (bicyclic) bond motifs is 2. The SMILES string of the molecule is [C-]#[N+]c1cc(OC23CCC(C)C(C)(C)C2CCC(C)C3(C)CC)c2c(c1)C(=O)NC2. The molecule has 4 heteroatoms. The topological polar surface area (TPSA) is 42.7 Å². The lowest BCUT2D eigenvalue weighted by Crippen LogP contribution is -2.67. The van der Waals surface area contributed by atoms with E-state index in [4.69, 9.17) is 11.3 Å². The average Bonchev–Trinajstić information content (AvgIpc) is 3.09. The van der Waals surface area contributed by atoms with E-state index in [2.05, 4.69) is 51.7 Å². The van der Waals surface area contributed by atoms with Crippen molar-refractivity contribution in [1.82, 2.24) is 5.32 Å². The number of rotatable bonds is 3. The zero-order valence-electron chi connectivity index (χ0n) is 19.4. The first-order valence-corrected chi connectivity index (χ1v) is 11.6. The summed E-state index contributed by atoms with van der Waals surface area (Å²) in [6.45, 7) is 22.4. The molecular formula is C26H36N2O2. The Kier molecular flexibility index (Phi) is 4.96. The molecule has 1 heterocycles. The van der Waals surface area contributed by atoms with Crippen LogP contribution < -0.4 is 10.1 Å². The van der Waals surface area contributed by atoms with Crippen molar-refractivity contribution >= 4 is 11.6 Å². The Balaban J connectivity index is 1.90. The van der Waals surface area contributed by atoms with Crippen molar-refractivity contribution in [2.24, 2.45) is 28.6 Å². The lowest BCUT2D eigenvalue weighted by Gasteiger charge is -2.65. The van der Waals surface area contributed by atoms with Gasteiger partial charge in [-0.3, -0.25) is 4.79 Å². The van der Waals surface area contributed by atoms with Crippen molar-refractivity contribution in [3.05, 3.63) is 34.7 Å². The van der Waals surface area contributed by atoms with Crippen molar-refractivity contribution in [1.29, 1.82) is 0 Å². The van der Waals surface area contributed by atoms with Gasteiger partial charge in [-0.05, 0) is 61.5 Å². The normalized spacial score (nSPS) is 37.0. The van der Waals surface area contributed by atoms with Crippen LogP contribution in [0.1, 0.15) is 89.6 Å². The molecule has 2 aliphatic carbocycles. The van der Waals surface area contributed by atoms with Gasteiger partial charge in [0, 0.05) is 29.0 Å². The van der Waals surface area contributed by atoms with Crippen LogP contribution in [0.3, 0.4) is 0 Å². The number of nitrogens with one attached hydrogen (secondary N) is 1. The van der Waals surface area contributed by atoms with Gasteiger partial charge in [-0.1, -0.05) is 41.5 Å². The van der Waals surface area contributed by atoms with Gasteiger partial charge in [0.25, 0.3) is 5.91 Å². The van der Waals surface area contributed by atoms with Crippen molar-refractivity contribution in [2.45, 2.75) is 85.8 Å². The second kappa shape index (κ2) is 7.01. The van der Waals surface area contributed by atoms with Gasteiger partial charge in [0.1, 0.15) is 11.4 Å². The second-order valence-corrected chi connectivity index (χ2v) is 10.8. The van der Waals surface area contributed by atoms with Crippen molar-refractivity contribution in [2.75, 3.05) is 0 Å². The van der Waals surface area contributed by atoms with Crippen LogP contribution in [0.4, 0.5) is 5.69 Å². The predicted molar refractivity (Wildman–Crippen MR) is 120 cm³/mol. The summed E-state index contributed by atoms with van der Waals surface area (Å²) in [4.78, 5) is 16.0. The standard InChI is InChI=1S/C26H36N2O2/c1-8-25(6)17(3)9-10-22-24(4,5)16(2)11-12-26(22,25)30-21-14-18(27-7)13-19-20(21)15-28-23(19)29/h13-14,16-17,22H,8-12,15H2,1-6H3,(H,28,29). The first-order chi connectivity index (χ1) is 14.1. The summed E-state index contributed by atoms with van der Waals surface area (Å²) in [5, 5.41) is 2.93. The zero-order valence-corrected chi connectivity index (χ0v) is 19.4. The third-order valence-electron chi connectivity index (χ3n) is 9.64. The Labute approximate surface area is 181 Å². The molecule has 0 spiro atoms. The second-order valence-electron chi connectivity index (χ2n) is 10.8. The third-order valence-corrected chi connectivity index (χ3v) is 9.64. The number of hydrogen-bond donors (Lipinski definition) is 1. The van der Waals surface area contributed by atoms with E-state index in [1.807, 2.05) is 6.07 Å². The molecule has 0 radical (unpaired) electrons. The maximum Gasteiger partial charge on any atom is 0.250 e. The zero-order chi connectivity index (χ0) is 21.9. The highest BCUT2D eigenvalue weighted by atomic mass is 16.5. The van der Waals surface area contributed by atoms with Gasteiger partial charge in [-0.25, -0.2) is 4.85 Å². The molecule has 1 aromatic rings. The maximum atomic E-state index is 12.4. The molecule has 1 aromatic carbocycles. The molecule has 2 fully saturated rings. The van der Waals surface area contributed by atoms with Crippen LogP contribution in [0, 0.1) is 35.2 Å². The van der Waals surface area contributed by atoms with Crippen LogP contribution in [0.2, 0.25) is 0 Å². The Hall–Kier alpha value is -2.02. The molecule has 4 rings (SSSR count). The Bertz CT molecular complexity index is 914. The number of carbonyl (C=O) groups is 1. The first kappa shape index (κ1) is 21.2. The fourth-order valence-corrected chi connectivity index (χ4v) is 6.88. The predicted octanol–water partition coefficient (Wildman–Crippen LogP) is 6.52. The van der Waals surface area contributed by atoms with Gasteiger partial charge in [0.05, 0.1) is 6.57 Å². The highest BCUT2D eigenvalue weighted by molar-refractivity contribution is 6.00. The van der Waals surface area contributed by atoms with E-state index < -0.39 is 0 Å². The fraction of sp³-hybridized carbons (Fsp3) is 0.692. The quantitative estimate of drug-likeness (QED) is 0.579. The van der Waals surface area contributed by atoms with E-state index in [0.717, 1.165) is 30.6 Å². The van der Waals surface area contributed by atoms with Gasteiger partial charge in [0.15, 0.2) is 5.69 Å². The molecule has 0 bridgehead atoms. The minimum absolute atomic E-state index is 0.0460. The van der Waals surface area contributed by atoms with E-state index in [9.17, 15) is 4.79 Å². The van der Waals surface area contributed by atoms with E-state index in [1.165, 1.54) is 12.8 Å². The minimum Gasteiger partial charge on any atom is -0.487 e. The largest absolute Gasteiger partial charge is 0.487 e. The molecule has 162 valence electrons. The maximum absolute atomic E-state index is 12.4. The van der Waals surface area contributed by atoms with Crippen LogP contribution in [-0.4, -0.2) is 11.5 Å². The van der Waals surface area contributed by atoms with Crippen LogP contribution in [0.25, 0.3) is 4.85 Å². The molecular weight excluding hydrogens is 372 g/mol. The highest BCUT2D eigenvalue weighted by Gasteiger charge is 2.65. The lowest BCUT2D eigenvalue weighted by atomic mass is 9.43. The molecule has 1 aliphatic heterocycles. The van der Waals surface area contributed by atoms with Crippen molar-refractivity contribution in [3.63, 3.8) is 0 Å². The molecule has 0 saturated heterocycles. The van der Waals surface area contributed by atoms with E-state index in [0.29, 0.717) is 35.5 Å². The van der Waals surface area contributed by atoms with Crippen LogP contribution in [0.5, 0.6) is 5.75 Å². The molecule has 1 N–H and O–H groups in total. The average molecular weight is 409 g/mol. The van der Waals surface area contributed by atoms with E-state index in [1.54, 1.807) is 6.07 Å². The van der Waals surface area contributed by atoms with Crippen LogP contribution in [-0.2, 0) is 6.54 Å². The summed E-state index contributed by atoms with van der Waals surface area (Å²) in [5.41, 5.74) is 1.97. The summed E-state index contributed by atoms with van der Waals surface area (Å²) < 4.78 is 7.21. The number of ether oxygens (including phenoxy) is 1. The summed E-state index contributed by atoms with van der Waals surface area (Å²) in [6.07, 6.45) is 5.66. The number of benzene rings is 1. The molecule has 3 aliphatic rings. The van der Waals surface area contributed by atoms with Crippen LogP contribution in [0.15, 0.2) is 12.1 Å². The first-order valence-electron chi connectivity index (χ1n) is 11.6. The van der Waals surface area contributed by atoms with Crippen LogP contribution >= 0.6 is 0 Å². The van der Waals surface area contributed by atoms with E-state index in [-0.39, 0.29) is 22.3 Å². The summed E-state index contributed by atoms with van der Waals surface area (Å²) >= 11 is 0. The van der Waals surface area contributed by atoms with Crippen molar-refractivity contribution in [3.8, 4) is 5.75 Å². The highest BCUT2D eigenvalue weighted by Crippen LogP contribution is 2.65. The molecule has 1 amide bonds. The number of nitrogens with zero attached hydrogens (tertiary/aromatic N) is 1. The Morgan fingerprint density at radius 2 is 1.90 bits per heavy atom. The summed E-state index contributed by atoms with van der Waals surface area (Å²) in [5.74, 6) is 2.33. The molecule has 4 nitrogen and oxygen atoms in total. The fourth-order valence-electron chi connectivity index (χ4n) is 6.88. The monoisotopic (exact) mass is 408 g/mol. The Morgan fingerprint density at radius 3 is 2.57 bits per heavy atom. The van der Waals surface area contributed by atoms with Gasteiger partial charge < -0.3 is 10.1 Å². The molecule has 5 atom stereocenters. The molecule has 0 aromatic heterocycles. The number of carbonyl (C=O) groups excluding carboxylic acids is 1. The van der Waals surface area contributed by atoms with E-state index >= 15 is 0 Å². The van der Waals surface area contributed by atoms with Gasteiger partial charge >= 0.3 is 0 Å². The molecule has 30 heavy (non-hydrogen) atoms. The molecule has 2 saturated carbocycles. The summed E-state index contributed by atoms with van der Waals surface area (Å²) in [6, 6.07) is 3.58. The third kappa shape index (κ3) is 2.74. The number of amides is 1. The lowest BCUT2D eigenvalue weighted by molar-refractivity contribution is -0.215. The Morgan fingerprint density at radius 1 is 1.17 bits per heavy atom. The van der Waals surface area contributed by atoms with Gasteiger partial charge in [-0.15, -0.1) is 0 Å². The van der Waals surface area contributed by atoms with Gasteiger partial charge in [0.2, 0.25) is 0 Å². The number of hydrogen-bond acceptors (Lipinski definition) is 2. The molecule has 5 unspecified atom stereocenters. The van der Waals surface area contributed by atoms with Crippen molar-refractivity contribution < 1.29 is 9.53 Å². The minimum atomic E-state index is -0.282. The van der Waals surface area contributed by atoms with Gasteiger partial charge in [-0.2, -0.15) is 0 Å². The smallest absolute Gasteiger partial charge is 0.250 e. The summed E-state index contributed by atoms with van der Waals surface area (Å²) in [7, 11) is 0.